The lowest BCUT2D eigenvalue weighted by molar-refractivity contribution is -0.144. The van der Waals surface area contributed by atoms with Gasteiger partial charge in [0.15, 0.2) is 0 Å². The summed E-state index contributed by atoms with van der Waals surface area (Å²) in [6.07, 6.45) is -0.420. The highest BCUT2D eigenvalue weighted by Gasteiger charge is 2.30. The molecule has 12 heteroatoms. The summed E-state index contributed by atoms with van der Waals surface area (Å²) in [5, 5.41) is 25.1. The van der Waals surface area contributed by atoms with Crippen LogP contribution in [0.4, 0.5) is 0 Å². The molecule has 4 unspecified atom stereocenters. The van der Waals surface area contributed by atoms with Crippen LogP contribution in [-0.2, 0) is 24.0 Å². The highest BCUT2D eigenvalue weighted by molar-refractivity contribution is 5.94. The Balaban J connectivity index is 5.17. The van der Waals surface area contributed by atoms with Crippen molar-refractivity contribution < 1.29 is 34.2 Å². The molecule has 0 rings (SSSR count). The Kier molecular flexibility index (Phi) is 10.7. The lowest BCUT2D eigenvalue weighted by Crippen LogP contribution is -2.58. The molecule has 0 aliphatic rings. The molecule has 0 aliphatic carbocycles. The molecular formula is C16H29N5O7. The number of amides is 4. The summed E-state index contributed by atoms with van der Waals surface area (Å²) >= 11 is 0. The van der Waals surface area contributed by atoms with E-state index in [1.165, 1.54) is 6.92 Å². The molecule has 0 spiro atoms. The Hall–Kier alpha value is -2.73. The molecule has 0 aromatic rings. The van der Waals surface area contributed by atoms with Gasteiger partial charge in [-0.25, -0.2) is 4.79 Å². The van der Waals surface area contributed by atoms with Gasteiger partial charge in [-0.05, 0) is 19.3 Å². The number of primary amides is 1. The fourth-order valence-electron chi connectivity index (χ4n) is 2.15. The summed E-state index contributed by atoms with van der Waals surface area (Å²) in [4.78, 5) is 58.4. The number of rotatable bonds is 12. The second-order valence-corrected chi connectivity index (χ2v) is 6.79. The van der Waals surface area contributed by atoms with Crippen molar-refractivity contribution in [2.24, 2.45) is 17.4 Å². The summed E-state index contributed by atoms with van der Waals surface area (Å²) in [7, 11) is 0. The van der Waals surface area contributed by atoms with Crippen LogP contribution in [0, 0.1) is 5.92 Å². The third kappa shape index (κ3) is 9.28. The number of carbonyl (C=O) groups is 5. The molecule has 160 valence electrons. The smallest absolute Gasteiger partial charge is 0.326 e. The van der Waals surface area contributed by atoms with Crippen molar-refractivity contribution in [3.63, 3.8) is 0 Å². The highest BCUT2D eigenvalue weighted by atomic mass is 16.4. The number of aliphatic hydroxyl groups is 1. The molecule has 9 N–H and O–H groups in total. The number of hydrogen-bond donors (Lipinski definition) is 7. The number of aliphatic carboxylic acids is 1. The monoisotopic (exact) mass is 403 g/mol. The Morgan fingerprint density at radius 1 is 0.857 bits per heavy atom. The molecule has 28 heavy (non-hydrogen) atoms. The summed E-state index contributed by atoms with van der Waals surface area (Å²) in [5.74, 6) is -4.79. The fraction of sp³-hybridized carbons (Fsp3) is 0.688. The molecule has 0 saturated heterocycles. The highest BCUT2D eigenvalue weighted by Crippen LogP contribution is 2.06. The van der Waals surface area contributed by atoms with E-state index in [0.29, 0.717) is 0 Å². The number of nitrogens with one attached hydrogen (secondary N) is 3. The van der Waals surface area contributed by atoms with Gasteiger partial charge in [-0.3, -0.25) is 19.2 Å². The van der Waals surface area contributed by atoms with Gasteiger partial charge >= 0.3 is 5.97 Å². The van der Waals surface area contributed by atoms with Gasteiger partial charge in [0, 0.05) is 0 Å². The van der Waals surface area contributed by atoms with Crippen molar-refractivity contribution in [2.75, 3.05) is 6.61 Å². The van der Waals surface area contributed by atoms with Gasteiger partial charge in [0.1, 0.15) is 18.1 Å². The normalized spacial score (nSPS) is 15.1. The minimum absolute atomic E-state index is 0.0116. The SMILES string of the molecule is CC(C)CC(NC(=O)C(C)N)C(=O)NC(CO)C(=O)NC(CC(N)=O)C(=O)O. The van der Waals surface area contributed by atoms with Crippen molar-refractivity contribution in [3.05, 3.63) is 0 Å². The largest absolute Gasteiger partial charge is 0.480 e. The van der Waals surface area contributed by atoms with E-state index in [4.69, 9.17) is 16.6 Å². The number of carboxylic acid groups (broad SMARTS) is 1. The van der Waals surface area contributed by atoms with Crippen molar-refractivity contribution in [1.82, 2.24) is 16.0 Å². The van der Waals surface area contributed by atoms with Crippen LogP contribution < -0.4 is 27.4 Å². The van der Waals surface area contributed by atoms with Gasteiger partial charge in [0.05, 0.1) is 19.1 Å². The van der Waals surface area contributed by atoms with Crippen LogP contribution >= 0.6 is 0 Å². The van der Waals surface area contributed by atoms with Crippen LogP contribution in [0.2, 0.25) is 0 Å². The van der Waals surface area contributed by atoms with Gasteiger partial charge in [-0.1, -0.05) is 13.8 Å². The first-order valence-corrected chi connectivity index (χ1v) is 8.67. The molecule has 0 heterocycles. The van der Waals surface area contributed by atoms with E-state index in [0.717, 1.165) is 0 Å². The third-order valence-electron chi connectivity index (χ3n) is 3.59. The summed E-state index contributed by atoms with van der Waals surface area (Å²) in [6.45, 7) is 4.23. The van der Waals surface area contributed by atoms with Crippen LogP contribution in [0.5, 0.6) is 0 Å². The van der Waals surface area contributed by atoms with Crippen LogP contribution in [0.3, 0.4) is 0 Å². The zero-order valence-corrected chi connectivity index (χ0v) is 16.1. The first-order chi connectivity index (χ1) is 12.9. The van der Waals surface area contributed by atoms with Crippen LogP contribution in [0.25, 0.3) is 0 Å². The van der Waals surface area contributed by atoms with Crippen molar-refractivity contribution in [1.29, 1.82) is 0 Å². The first-order valence-electron chi connectivity index (χ1n) is 8.67. The predicted molar refractivity (Wildman–Crippen MR) is 97.4 cm³/mol. The molecule has 0 fully saturated rings. The van der Waals surface area contributed by atoms with Crippen molar-refractivity contribution >= 4 is 29.6 Å². The lowest BCUT2D eigenvalue weighted by Gasteiger charge is -2.24. The summed E-state index contributed by atoms with van der Waals surface area (Å²) < 4.78 is 0. The number of aliphatic hydroxyl groups excluding tert-OH is 1. The molecule has 0 aromatic carbocycles. The van der Waals surface area contributed by atoms with Gasteiger partial charge in [-0.15, -0.1) is 0 Å². The lowest BCUT2D eigenvalue weighted by atomic mass is 10.0. The fourth-order valence-corrected chi connectivity index (χ4v) is 2.15. The average Bonchev–Trinajstić information content (AvgIpc) is 2.56. The zero-order valence-electron chi connectivity index (χ0n) is 16.1. The maximum atomic E-state index is 12.5. The number of carboxylic acids is 1. The zero-order chi connectivity index (χ0) is 22.0. The standard InChI is InChI=1S/C16H29N5O7/c1-7(2)4-9(19-13(24)8(3)17)14(25)21-11(6-22)15(26)20-10(16(27)28)5-12(18)23/h7-11,22H,4-6,17H2,1-3H3,(H2,18,23)(H,19,24)(H,20,26)(H,21,25)(H,27,28). The molecular weight excluding hydrogens is 374 g/mol. The van der Waals surface area contributed by atoms with E-state index in [1.807, 2.05) is 19.2 Å². The van der Waals surface area contributed by atoms with E-state index in [2.05, 4.69) is 10.6 Å². The van der Waals surface area contributed by atoms with E-state index < -0.39 is 66.8 Å². The number of hydrogen-bond acceptors (Lipinski definition) is 7. The maximum Gasteiger partial charge on any atom is 0.326 e. The minimum Gasteiger partial charge on any atom is -0.480 e. The van der Waals surface area contributed by atoms with Crippen molar-refractivity contribution in [3.8, 4) is 0 Å². The molecule has 4 amide bonds. The summed E-state index contributed by atoms with van der Waals surface area (Å²) in [5.41, 5.74) is 10.4. The maximum absolute atomic E-state index is 12.5. The molecule has 0 aliphatic heterocycles. The predicted octanol–water partition coefficient (Wildman–Crippen LogP) is -3.21. The Morgan fingerprint density at radius 2 is 1.32 bits per heavy atom. The molecule has 12 nitrogen and oxygen atoms in total. The van der Waals surface area contributed by atoms with Crippen LogP contribution in [0.1, 0.15) is 33.6 Å². The average molecular weight is 403 g/mol. The summed E-state index contributed by atoms with van der Waals surface area (Å²) in [6, 6.07) is -4.98. The molecule has 0 aromatic heterocycles. The van der Waals surface area contributed by atoms with Gasteiger partial charge in [-0.2, -0.15) is 0 Å². The van der Waals surface area contributed by atoms with E-state index in [9.17, 15) is 29.1 Å². The molecule has 0 saturated carbocycles. The Bertz CT molecular complexity index is 594. The molecule has 0 bridgehead atoms. The Morgan fingerprint density at radius 3 is 1.71 bits per heavy atom. The van der Waals surface area contributed by atoms with Gasteiger partial charge < -0.3 is 37.6 Å². The van der Waals surface area contributed by atoms with E-state index in [-0.39, 0.29) is 12.3 Å². The van der Waals surface area contributed by atoms with E-state index in [1.54, 1.807) is 0 Å². The Labute approximate surface area is 162 Å². The van der Waals surface area contributed by atoms with Gasteiger partial charge in [0.2, 0.25) is 23.6 Å². The number of carbonyl (C=O) groups excluding carboxylic acids is 4. The van der Waals surface area contributed by atoms with Crippen molar-refractivity contribution in [2.45, 2.75) is 57.8 Å². The van der Waals surface area contributed by atoms with Crippen LogP contribution in [0.15, 0.2) is 0 Å². The topological polar surface area (TPSA) is 214 Å². The second-order valence-electron chi connectivity index (χ2n) is 6.79. The molecule has 4 atom stereocenters. The third-order valence-corrected chi connectivity index (χ3v) is 3.59. The second kappa shape index (κ2) is 11.9. The quantitative estimate of drug-likeness (QED) is 0.175. The first kappa shape index (κ1) is 25.3. The minimum atomic E-state index is -1.61. The molecule has 0 radical (unpaired) electrons. The van der Waals surface area contributed by atoms with Gasteiger partial charge in [0.25, 0.3) is 0 Å². The number of nitrogens with two attached hydrogens (primary N) is 2. The van der Waals surface area contributed by atoms with E-state index >= 15 is 0 Å². The van der Waals surface area contributed by atoms with Crippen LogP contribution in [-0.4, -0.2) is 70.6 Å².